The van der Waals surface area contributed by atoms with Crippen molar-refractivity contribution in [3.8, 4) is 0 Å². The van der Waals surface area contributed by atoms with E-state index in [1.165, 1.54) is 25.0 Å². The minimum Gasteiger partial charge on any atom is -0.357 e. The molecule has 1 atom stereocenters. The molecule has 1 amide bonds. The largest absolute Gasteiger partial charge is 0.357 e. The molecule has 1 unspecified atom stereocenters. The number of nitro benzene ring substituents is 1. The highest BCUT2D eigenvalue weighted by molar-refractivity contribution is 5.81. The van der Waals surface area contributed by atoms with Gasteiger partial charge >= 0.3 is 0 Å². The second-order valence-corrected chi connectivity index (χ2v) is 7.51. The molecule has 0 spiro atoms. The average molecular weight is 387 g/mol. The highest BCUT2D eigenvalue weighted by Gasteiger charge is 2.32. The monoisotopic (exact) mass is 387 g/mol. The highest BCUT2D eigenvalue weighted by atomic mass is 16.6. The summed E-state index contributed by atoms with van der Waals surface area (Å²) in [5.74, 6) is 1.25. The minimum absolute atomic E-state index is 0.0794. The van der Waals surface area contributed by atoms with Crippen molar-refractivity contribution in [2.75, 3.05) is 19.6 Å². The summed E-state index contributed by atoms with van der Waals surface area (Å²) in [7, 11) is 0. The first kappa shape index (κ1) is 20.1. The van der Waals surface area contributed by atoms with Crippen LogP contribution in [-0.4, -0.2) is 47.4 Å². The van der Waals surface area contributed by atoms with Crippen molar-refractivity contribution in [3.63, 3.8) is 0 Å². The quantitative estimate of drug-likeness (QED) is 0.338. The summed E-state index contributed by atoms with van der Waals surface area (Å²) in [5.41, 5.74) is 0.989. The van der Waals surface area contributed by atoms with Crippen LogP contribution in [0.2, 0.25) is 0 Å². The highest BCUT2D eigenvalue weighted by Crippen LogP contribution is 2.27. The van der Waals surface area contributed by atoms with Crippen molar-refractivity contribution in [1.82, 2.24) is 15.5 Å². The third-order valence-electron chi connectivity index (χ3n) is 5.46. The lowest BCUT2D eigenvalue weighted by Gasteiger charge is -2.21. The maximum atomic E-state index is 12.6. The van der Waals surface area contributed by atoms with Crippen LogP contribution in [-0.2, 0) is 11.3 Å². The summed E-state index contributed by atoms with van der Waals surface area (Å²) in [6.45, 7) is 4.70. The van der Waals surface area contributed by atoms with E-state index in [1.807, 2.05) is 11.8 Å². The molecular formula is C20H29N5O3. The third-order valence-corrected chi connectivity index (χ3v) is 5.46. The lowest BCUT2D eigenvalue weighted by molar-refractivity contribution is -0.384. The van der Waals surface area contributed by atoms with Gasteiger partial charge in [0, 0.05) is 43.7 Å². The van der Waals surface area contributed by atoms with Gasteiger partial charge in [0.1, 0.15) is 0 Å². The van der Waals surface area contributed by atoms with E-state index >= 15 is 0 Å². The molecule has 152 valence electrons. The maximum Gasteiger partial charge on any atom is 0.269 e. The van der Waals surface area contributed by atoms with Crippen LogP contribution in [0.3, 0.4) is 0 Å². The number of carbonyl (C=O) groups excluding carboxylic acids is 1. The SMILES string of the molecule is CCNC(=NCc1ccc([N+](=O)[O-])cc1)NC1CCN(C(=O)C2CCCC2)C1. The Morgan fingerprint density at radius 3 is 2.61 bits per heavy atom. The van der Waals surface area contributed by atoms with E-state index in [0.717, 1.165) is 44.5 Å². The molecule has 1 heterocycles. The number of hydrogen-bond acceptors (Lipinski definition) is 4. The van der Waals surface area contributed by atoms with Gasteiger partial charge in [0.05, 0.1) is 11.5 Å². The predicted molar refractivity (Wildman–Crippen MR) is 108 cm³/mol. The minimum atomic E-state index is -0.405. The van der Waals surface area contributed by atoms with Gasteiger partial charge < -0.3 is 15.5 Å². The predicted octanol–water partition coefficient (Wildman–Crippen LogP) is 2.44. The van der Waals surface area contributed by atoms with Crippen molar-refractivity contribution in [2.24, 2.45) is 10.9 Å². The summed E-state index contributed by atoms with van der Waals surface area (Å²) in [6, 6.07) is 6.63. The number of aliphatic imine (C=N–C) groups is 1. The Labute approximate surface area is 165 Å². The number of nitro groups is 1. The molecule has 1 saturated carbocycles. The number of nitrogens with one attached hydrogen (secondary N) is 2. The molecule has 2 fully saturated rings. The number of benzene rings is 1. The number of carbonyl (C=O) groups is 1. The fraction of sp³-hybridized carbons (Fsp3) is 0.600. The summed E-state index contributed by atoms with van der Waals surface area (Å²) in [6.07, 6.45) is 5.33. The second kappa shape index (κ2) is 9.52. The van der Waals surface area contributed by atoms with Crippen molar-refractivity contribution in [2.45, 2.75) is 51.6 Å². The molecule has 1 aliphatic heterocycles. The van der Waals surface area contributed by atoms with E-state index < -0.39 is 4.92 Å². The van der Waals surface area contributed by atoms with Gasteiger partial charge in [-0.1, -0.05) is 25.0 Å². The van der Waals surface area contributed by atoms with Crippen molar-refractivity contribution in [1.29, 1.82) is 0 Å². The summed E-state index contributed by atoms with van der Waals surface area (Å²) in [4.78, 5) is 29.5. The Bertz CT molecular complexity index is 713. The van der Waals surface area contributed by atoms with Crippen LogP contribution in [0.5, 0.6) is 0 Å². The molecule has 0 bridgehead atoms. The molecule has 0 aromatic heterocycles. The average Bonchev–Trinajstić information content (AvgIpc) is 3.38. The Balaban J connectivity index is 1.54. The van der Waals surface area contributed by atoms with Gasteiger partial charge in [-0.05, 0) is 31.7 Å². The number of non-ortho nitro benzene ring substituents is 1. The first-order valence-electron chi connectivity index (χ1n) is 10.1. The van der Waals surface area contributed by atoms with Gasteiger partial charge in [0.25, 0.3) is 5.69 Å². The first-order chi connectivity index (χ1) is 13.6. The number of guanidine groups is 1. The molecule has 1 aromatic rings. The number of amides is 1. The lowest BCUT2D eigenvalue weighted by atomic mass is 10.1. The van der Waals surface area contributed by atoms with Crippen LogP contribution < -0.4 is 10.6 Å². The smallest absolute Gasteiger partial charge is 0.269 e. The Kier molecular flexibility index (Phi) is 6.84. The van der Waals surface area contributed by atoms with Crippen molar-refractivity contribution in [3.05, 3.63) is 39.9 Å². The number of likely N-dealkylation sites (tertiary alicyclic amines) is 1. The van der Waals surface area contributed by atoms with Crippen LogP contribution in [0.1, 0.15) is 44.6 Å². The third kappa shape index (κ3) is 5.21. The van der Waals surface area contributed by atoms with E-state index in [4.69, 9.17) is 0 Å². The second-order valence-electron chi connectivity index (χ2n) is 7.51. The van der Waals surface area contributed by atoms with Crippen LogP contribution in [0.15, 0.2) is 29.3 Å². The standard InChI is InChI=1S/C20H29N5O3/c1-2-21-20(22-13-15-7-9-18(10-8-15)25(27)28)23-17-11-12-24(14-17)19(26)16-5-3-4-6-16/h7-10,16-17H,2-6,11-14H2,1H3,(H2,21,22,23). The summed E-state index contributed by atoms with van der Waals surface area (Å²) >= 11 is 0. The molecule has 1 aromatic carbocycles. The molecular weight excluding hydrogens is 358 g/mol. The molecule has 8 heteroatoms. The zero-order chi connectivity index (χ0) is 19.9. The maximum absolute atomic E-state index is 12.6. The van der Waals surface area contributed by atoms with Crippen LogP contribution in [0.4, 0.5) is 5.69 Å². The van der Waals surface area contributed by atoms with E-state index in [1.54, 1.807) is 12.1 Å². The zero-order valence-electron chi connectivity index (χ0n) is 16.4. The first-order valence-corrected chi connectivity index (χ1v) is 10.1. The van der Waals surface area contributed by atoms with Crippen LogP contribution in [0, 0.1) is 16.0 Å². The summed E-state index contributed by atoms with van der Waals surface area (Å²) in [5, 5.41) is 17.4. The molecule has 8 nitrogen and oxygen atoms in total. The fourth-order valence-corrected chi connectivity index (χ4v) is 3.92. The van der Waals surface area contributed by atoms with E-state index in [0.29, 0.717) is 18.4 Å². The van der Waals surface area contributed by atoms with Crippen molar-refractivity contribution >= 4 is 17.6 Å². The van der Waals surface area contributed by atoms with Gasteiger partial charge in [0.2, 0.25) is 5.91 Å². The molecule has 28 heavy (non-hydrogen) atoms. The zero-order valence-corrected chi connectivity index (χ0v) is 16.4. The molecule has 3 rings (SSSR count). The topological polar surface area (TPSA) is 99.9 Å². The Hall–Kier alpha value is -2.64. The van der Waals surface area contributed by atoms with Gasteiger partial charge in [-0.15, -0.1) is 0 Å². The van der Waals surface area contributed by atoms with Crippen LogP contribution >= 0.6 is 0 Å². The van der Waals surface area contributed by atoms with E-state index in [9.17, 15) is 14.9 Å². The van der Waals surface area contributed by atoms with Gasteiger partial charge in [-0.25, -0.2) is 4.99 Å². The van der Waals surface area contributed by atoms with Gasteiger partial charge in [-0.2, -0.15) is 0 Å². The fourth-order valence-electron chi connectivity index (χ4n) is 3.92. The molecule has 2 N–H and O–H groups in total. The van der Waals surface area contributed by atoms with E-state index in [2.05, 4.69) is 15.6 Å². The van der Waals surface area contributed by atoms with E-state index in [-0.39, 0.29) is 17.6 Å². The number of nitrogens with zero attached hydrogens (tertiary/aromatic N) is 3. The van der Waals surface area contributed by atoms with Gasteiger partial charge in [-0.3, -0.25) is 14.9 Å². The normalized spacial score (nSPS) is 20.4. The Morgan fingerprint density at radius 1 is 1.25 bits per heavy atom. The number of rotatable bonds is 6. The van der Waals surface area contributed by atoms with Crippen molar-refractivity contribution < 1.29 is 9.72 Å². The van der Waals surface area contributed by atoms with Crippen LogP contribution in [0.25, 0.3) is 0 Å². The lowest BCUT2D eigenvalue weighted by Crippen LogP contribution is -2.45. The summed E-state index contributed by atoms with van der Waals surface area (Å²) < 4.78 is 0. The molecule has 1 aliphatic carbocycles. The molecule has 2 aliphatic rings. The number of hydrogen-bond donors (Lipinski definition) is 2. The Morgan fingerprint density at radius 2 is 1.96 bits per heavy atom. The van der Waals surface area contributed by atoms with Gasteiger partial charge in [0.15, 0.2) is 5.96 Å². The molecule has 1 saturated heterocycles. The molecule has 0 radical (unpaired) electrons.